The van der Waals surface area contributed by atoms with Crippen molar-refractivity contribution in [1.29, 1.82) is 0 Å². The molecular formula is C5H11NO5. The summed E-state index contributed by atoms with van der Waals surface area (Å²) in [5.41, 5.74) is 1.67. The largest absolute Gasteiger partial charge is 0.394 e. The summed E-state index contributed by atoms with van der Waals surface area (Å²) in [6.45, 7) is -0.392. The molecule has 0 aromatic carbocycles. The first kappa shape index (κ1) is 8.85. The summed E-state index contributed by atoms with van der Waals surface area (Å²) in [6.07, 6.45) is -4.24. The van der Waals surface area contributed by atoms with E-state index in [2.05, 4.69) is 0 Å². The monoisotopic (exact) mass is 165 g/mol. The molecule has 0 saturated carbocycles. The van der Waals surface area contributed by atoms with E-state index in [0.717, 1.165) is 0 Å². The van der Waals surface area contributed by atoms with Crippen molar-refractivity contribution in [3.8, 4) is 0 Å². The van der Waals surface area contributed by atoms with Crippen LogP contribution in [0.5, 0.6) is 0 Å². The Balaban J connectivity index is 2.53. The molecular weight excluding hydrogens is 154 g/mol. The number of nitrogens with one attached hydrogen (secondary N) is 1. The van der Waals surface area contributed by atoms with Crippen molar-refractivity contribution in [2.75, 3.05) is 6.61 Å². The lowest BCUT2D eigenvalue weighted by Gasteiger charge is -2.11. The average Bonchev–Trinajstić information content (AvgIpc) is 2.30. The van der Waals surface area contributed by atoms with Gasteiger partial charge in [0, 0.05) is 0 Å². The van der Waals surface area contributed by atoms with Crippen LogP contribution in [0.4, 0.5) is 0 Å². The van der Waals surface area contributed by atoms with Crippen molar-refractivity contribution in [1.82, 2.24) is 5.48 Å². The molecule has 1 rings (SSSR count). The molecule has 1 saturated heterocycles. The Morgan fingerprint density at radius 1 is 1.27 bits per heavy atom. The molecule has 0 aromatic heterocycles. The van der Waals surface area contributed by atoms with Crippen molar-refractivity contribution in [2.24, 2.45) is 0 Å². The Morgan fingerprint density at radius 2 is 1.91 bits per heavy atom. The maximum absolute atomic E-state index is 9.07. The maximum atomic E-state index is 9.07. The lowest BCUT2D eigenvalue weighted by atomic mass is 10.1. The van der Waals surface area contributed by atoms with Crippen LogP contribution < -0.4 is 5.48 Å². The molecule has 11 heavy (non-hydrogen) atoms. The molecule has 5 N–H and O–H groups in total. The van der Waals surface area contributed by atoms with E-state index in [1.807, 2.05) is 0 Å². The van der Waals surface area contributed by atoms with Crippen LogP contribution in [0.2, 0.25) is 0 Å². The predicted molar refractivity (Wildman–Crippen MR) is 32.7 cm³/mol. The molecule has 6 nitrogen and oxygen atoms in total. The van der Waals surface area contributed by atoms with Gasteiger partial charge in [0.25, 0.3) is 0 Å². The van der Waals surface area contributed by atoms with Crippen LogP contribution in [0.15, 0.2) is 0 Å². The Hall–Kier alpha value is -0.240. The number of hydroxylamine groups is 1. The summed E-state index contributed by atoms with van der Waals surface area (Å²) in [6, 6.07) is 0. The van der Waals surface area contributed by atoms with Gasteiger partial charge in [-0.15, -0.1) is 0 Å². The van der Waals surface area contributed by atoms with Crippen molar-refractivity contribution < 1.29 is 25.3 Å². The number of hydrogen-bond acceptors (Lipinski definition) is 6. The van der Waals surface area contributed by atoms with Crippen LogP contribution in [0.1, 0.15) is 0 Å². The SMILES string of the molecule is OCC1OC(NO)C(O)C1O. The number of aliphatic hydroxyl groups excluding tert-OH is 3. The minimum Gasteiger partial charge on any atom is -0.394 e. The normalized spacial score (nSPS) is 44.7. The van der Waals surface area contributed by atoms with E-state index in [1.54, 1.807) is 5.48 Å². The van der Waals surface area contributed by atoms with Crippen molar-refractivity contribution >= 4 is 0 Å². The van der Waals surface area contributed by atoms with Gasteiger partial charge in [-0.3, -0.25) is 0 Å². The van der Waals surface area contributed by atoms with Gasteiger partial charge in [-0.2, -0.15) is 5.48 Å². The second-order valence-electron chi connectivity index (χ2n) is 2.39. The lowest BCUT2D eigenvalue weighted by Crippen LogP contribution is -2.39. The van der Waals surface area contributed by atoms with Crippen LogP contribution >= 0.6 is 0 Å². The third-order valence-corrected chi connectivity index (χ3v) is 1.67. The van der Waals surface area contributed by atoms with E-state index in [0.29, 0.717) is 0 Å². The Labute approximate surface area is 63.0 Å². The fraction of sp³-hybridized carbons (Fsp3) is 1.00. The molecule has 1 aliphatic rings. The highest BCUT2D eigenvalue weighted by molar-refractivity contribution is 4.87. The Morgan fingerprint density at radius 3 is 2.18 bits per heavy atom. The molecule has 6 heteroatoms. The first-order valence-electron chi connectivity index (χ1n) is 3.22. The first-order chi connectivity index (χ1) is 5.20. The quantitative estimate of drug-likeness (QED) is 0.288. The second-order valence-corrected chi connectivity index (χ2v) is 2.39. The molecule has 4 atom stereocenters. The van der Waals surface area contributed by atoms with Crippen molar-refractivity contribution in [3.63, 3.8) is 0 Å². The number of rotatable bonds is 2. The summed E-state index contributed by atoms with van der Waals surface area (Å²) < 4.78 is 4.77. The van der Waals surface area contributed by atoms with Gasteiger partial charge in [0.1, 0.15) is 18.3 Å². The van der Waals surface area contributed by atoms with Gasteiger partial charge in [-0.25, -0.2) is 0 Å². The van der Waals surface area contributed by atoms with E-state index < -0.39 is 31.1 Å². The van der Waals surface area contributed by atoms with Crippen LogP contribution in [0.25, 0.3) is 0 Å². The molecule has 1 fully saturated rings. The van der Waals surface area contributed by atoms with E-state index in [4.69, 9.17) is 25.3 Å². The minimum absolute atomic E-state index is 0.392. The minimum atomic E-state index is -1.21. The van der Waals surface area contributed by atoms with Crippen LogP contribution in [-0.4, -0.2) is 51.7 Å². The highest BCUT2D eigenvalue weighted by atomic mass is 16.6. The lowest BCUT2D eigenvalue weighted by molar-refractivity contribution is -0.0867. The molecule has 4 unspecified atom stereocenters. The summed E-state index contributed by atoms with van der Waals surface area (Å²) >= 11 is 0. The topological polar surface area (TPSA) is 102 Å². The standard InChI is InChI=1S/C5H11NO5/c7-1-2-3(8)4(9)5(6-10)11-2/h2-10H,1H2. The van der Waals surface area contributed by atoms with Crippen LogP contribution in [0, 0.1) is 0 Å². The molecule has 0 aliphatic carbocycles. The fourth-order valence-electron chi connectivity index (χ4n) is 1.01. The highest BCUT2D eigenvalue weighted by Crippen LogP contribution is 2.18. The zero-order valence-electron chi connectivity index (χ0n) is 5.71. The number of ether oxygens (including phenoxy) is 1. The molecule has 1 heterocycles. The van der Waals surface area contributed by atoms with Gasteiger partial charge in [0.05, 0.1) is 6.61 Å². The zero-order chi connectivity index (χ0) is 8.43. The third-order valence-electron chi connectivity index (χ3n) is 1.67. The number of hydrogen-bond donors (Lipinski definition) is 5. The van der Waals surface area contributed by atoms with E-state index in [-0.39, 0.29) is 0 Å². The molecule has 1 aliphatic heterocycles. The molecule has 0 radical (unpaired) electrons. The molecule has 66 valence electrons. The predicted octanol–water partition coefficient (Wildman–Crippen LogP) is -2.60. The van der Waals surface area contributed by atoms with Crippen molar-refractivity contribution in [2.45, 2.75) is 24.5 Å². The molecule has 0 aromatic rings. The van der Waals surface area contributed by atoms with Gasteiger partial charge in [0.2, 0.25) is 0 Å². The van der Waals surface area contributed by atoms with Gasteiger partial charge in [-0.1, -0.05) is 0 Å². The molecule has 0 amide bonds. The van der Waals surface area contributed by atoms with Crippen molar-refractivity contribution in [3.05, 3.63) is 0 Å². The molecule has 0 spiro atoms. The van der Waals surface area contributed by atoms with Gasteiger partial charge in [0.15, 0.2) is 6.23 Å². The molecule has 0 bridgehead atoms. The highest BCUT2D eigenvalue weighted by Gasteiger charge is 2.41. The van der Waals surface area contributed by atoms with Gasteiger partial charge >= 0.3 is 0 Å². The second kappa shape index (κ2) is 3.44. The van der Waals surface area contributed by atoms with E-state index in [1.165, 1.54) is 0 Å². The first-order valence-corrected chi connectivity index (χ1v) is 3.22. The van der Waals surface area contributed by atoms with Crippen LogP contribution in [0.3, 0.4) is 0 Å². The van der Waals surface area contributed by atoms with E-state index in [9.17, 15) is 0 Å². The summed E-state index contributed by atoms with van der Waals surface area (Å²) in [5, 5.41) is 35.0. The third kappa shape index (κ3) is 1.51. The summed E-state index contributed by atoms with van der Waals surface area (Å²) in [7, 11) is 0. The zero-order valence-corrected chi connectivity index (χ0v) is 5.71. The number of aliphatic hydroxyl groups is 3. The average molecular weight is 165 g/mol. The smallest absolute Gasteiger partial charge is 0.158 e. The summed E-state index contributed by atoms with van der Waals surface area (Å²) in [4.78, 5) is 0. The van der Waals surface area contributed by atoms with E-state index >= 15 is 0 Å². The maximum Gasteiger partial charge on any atom is 0.158 e. The van der Waals surface area contributed by atoms with Gasteiger partial charge in [-0.05, 0) is 0 Å². The summed E-state index contributed by atoms with van der Waals surface area (Å²) in [5.74, 6) is 0. The van der Waals surface area contributed by atoms with Gasteiger partial charge < -0.3 is 25.3 Å². The Bertz CT molecular complexity index is 114. The fourth-order valence-corrected chi connectivity index (χ4v) is 1.01. The van der Waals surface area contributed by atoms with Crippen LogP contribution in [-0.2, 0) is 4.74 Å². The Kier molecular flexibility index (Phi) is 2.77.